The molecule has 5 aliphatic rings. The molecule has 0 spiro atoms. The zero-order chi connectivity index (χ0) is 42.6. The van der Waals surface area contributed by atoms with Crippen molar-refractivity contribution in [2.24, 2.45) is 17.8 Å². The molecule has 3 heterocycles. The van der Waals surface area contributed by atoms with Crippen molar-refractivity contribution in [2.75, 3.05) is 6.54 Å². The van der Waals surface area contributed by atoms with E-state index < -0.39 is 97.6 Å². The van der Waals surface area contributed by atoms with Gasteiger partial charge in [0.15, 0.2) is 5.60 Å². The first-order chi connectivity index (χ1) is 27.0. The number of sulfonamides is 1. The summed E-state index contributed by atoms with van der Waals surface area (Å²) < 4.78 is 81.8. The molecule has 2 saturated carbocycles. The van der Waals surface area contributed by atoms with E-state index in [0.717, 1.165) is 18.7 Å². The molecule has 5 amide bonds. The Labute approximate surface area is 337 Å². The third-order valence-electron chi connectivity index (χ3n) is 12.7. The minimum Gasteiger partial charge on any atom is -0.444 e. The number of ether oxygens (including phenoxy) is 2. The number of hydrogen-bond acceptors (Lipinski definition) is 9. The van der Waals surface area contributed by atoms with Crippen LogP contribution in [0.25, 0.3) is 0 Å². The van der Waals surface area contributed by atoms with Gasteiger partial charge in [-0.2, -0.15) is 0 Å². The largest absolute Gasteiger partial charge is 0.444 e. The number of benzene rings is 1. The minimum atomic E-state index is -4.09. The number of carbonyl (C=O) groups is 5. The SMILES string of the molecule is CC[C@@H]1C[C@@H](C)CC/C=C\[C@@H]2C[C@@]2(C(=O)NS(=O)(=O)C2(C)CC2)NC(=O)[C@@H]2C[C@@H](OC(=O)N3Cc4cccc(F)c4C3)CN2C(=O)[C@H]1NC(=O)OC(C)(C)C(C)(F)F. The second-order valence-electron chi connectivity index (χ2n) is 17.6. The lowest BCUT2D eigenvalue weighted by molar-refractivity contribution is -0.152. The normalized spacial score (nSPS) is 30.4. The number of carbonyl (C=O) groups excluding carboxylic acids is 5. The lowest BCUT2D eigenvalue weighted by Gasteiger charge is -2.35. The first-order valence-corrected chi connectivity index (χ1v) is 21.4. The Morgan fingerprint density at radius 1 is 1.09 bits per heavy atom. The fraction of sp³-hybridized carbons (Fsp3) is 0.675. The zero-order valence-electron chi connectivity index (χ0n) is 33.7. The third-order valence-corrected chi connectivity index (χ3v) is 14.9. The Bertz CT molecular complexity index is 1970. The Hall–Kier alpha value is -4.35. The molecule has 3 aliphatic heterocycles. The standard InChI is InChI=1S/C40H54F3N5O9S/c1-7-24-17-23(2)11-8-9-13-26-19-40(26,34(51)46-58(54,55)38(5)15-16-38)45-32(49)30-18-27(56-36(53)47-20-25-12-10-14-29(41)28(25)22-47)21-48(30)33(50)31(24)44-35(52)57-37(3,4)39(6,42)43/h9-10,12-14,23-24,26-27,30-31H,7-8,11,15-22H2,1-6H3,(H,44,52)(H,45,49)(H,46,51)/b13-9-/t23-,24+,26+,27+,30-,31-,40+/m0/s1. The van der Waals surface area contributed by atoms with E-state index in [9.17, 15) is 45.6 Å². The van der Waals surface area contributed by atoms with Gasteiger partial charge in [-0.1, -0.05) is 44.6 Å². The Morgan fingerprint density at radius 2 is 1.79 bits per heavy atom. The van der Waals surface area contributed by atoms with Crippen molar-refractivity contribution in [3.8, 4) is 0 Å². The van der Waals surface area contributed by atoms with Crippen LogP contribution in [0.4, 0.5) is 22.8 Å². The number of fused-ring (bicyclic) bond motifs is 3. The molecule has 58 heavy (non-hydrogen) atoms. The molecule has 0 bridgehead atoms. The molecule has 7 atom stereocenters. The van der Waals surface area contributed by atoms with Crippen LogP contribution in [0, 0.1) is 23.6 Å². The van der Waals surface area contributed by atoms with E-state index in [1.165, 1.54) is 24.0 Å². The summed E-state index contributed by atoms with van der Waals surface area (Å²) in [5.74, 6) is -7.57. The lowest BCUT2D eigenvalue weighted by Crippen LogP contribution is -2.60. The van der Waals surface area contributed by atoms with Gasteiger partial charge in [-0.15, -0.1) is 0 Å². The first kappa shape index (κ1) is 43.2. The van der Waals surface area contributed by atoms with Crippen LogP contribution in [0.15, 0.2) is 30.4 Å². The predicted octanol–water partition coefficient (Wildman–Crippen LogP) is 5.05. The summed E-state index contributed by atoms with van der Waals surface area (Å²) in [4.78, 5) is 72.4. The molecule has 3 fully saturated rings. The number of alkyl carbamates (subject to hydrolysis) is 1. The summed E-state index contributed by atoms with van der Waals surface area (Å²) in [5, 5.41) is 5.29. The van der Waals surface area contributed by atoms with Crippen LogP contribution in [0.1, 0.15) is 104 Å². The molecule has 2 aliphatic carbocycles. The molecular formula is C40H54F3N5O9S. The van der Waals surface area contributed by atoms with Gasteiger partial charge < -0.3 is 25.0 Å². The number of alkyl halides is 2. The summed E-state index contributed by atoms with van der Waals surface area (Å²) in [6.45, 7) is 7.66. The topological polar surface area (TPSA) is 181 Å². The van der Waals surface area contributed by atoms with Crippen molar-refractivity contribution in [3.63, 3.8) is 0 Å². The Morgan fingerprint density at radius 3 is 2.43 bits per heavy atom. The average molecular weight is 838 g/mol. The molecule has 320 valence electrons. The second-order valence-corrected chi connectivity index (χ2v) is 19.8. The molecule has 14 nitrogen and oxygen atoms in total. The third kappa shape index (κ3) is 8.67. The number of nitrogens with zero attached hydrogens (tertiary/aromatic N) is 2. The van der Waals surface area contributed by atoms with E-state index in [2.05, 4.69) is 15.4 Å². The number of rotatable bonds is 8. The highest BCUT2D eigenvalue weighted by Crippen LogP contribution is 2.48. The van der Waals surface area contributed by atoms with Crippen LogP contribution < -0.4 is 15.4 Å². The second kappa shape index (κ2) is 15.7. The van der Waals surface area contributed by atoms with Gasteiger partial charge >= 0.3 is 12.2 Å². The lowest BCUT2D eigenvalue weighted by atomic mass is 9.85. The van der Waals surface area contributed by atoms with Crippen LogP contribution in [0.5, 0.6) is 0 Å². The van der Waals surface area contributed by atoms with Crippen LogP contribution in [-0.2, 0) is 47.0 Å². The van der Waals surface area contributed by atoms with Crippen molar-refractivity contribution >= 4 is 39.9 Å². The summed E-state index contributed by atoms with van der Waals surface area (Å²) >= 11 is 0. The highest BCUT2D eigenvalue weighted by molar-refractivity contribution is 7.91. The van der Waals surface area contributed by atoms with Crippen LogP contribution in [0.2, 0.25) is 0 Å². The van der Waals surface area contributed by atoms with Gasteiger partial charge in [0.25, 0.3) is 11.8 Å². The van der Waals surface area contributed by atoms with E-state index in [0.29, 0.717) is 56.6 Å². The maximum Gasteiger partial charge on any atom is 0.410 e. The highest BCUT2D eigenvalue weighted by atomic mass is 32.2. The van der Waals surface area contributed by atoms with Gasteiger partial charge in [0.05, 0.1) is 17.8 Å². The van der Waals surface area contributed by atoms with E-state index in [-0.39, 0.29) is 38.4 Å². The molecule has 3 N–H and O–H groups in total. The van der Waals surface area contributed by atoms with Gasteiger partial charge in [0.1, 0.15) is 29.5 Å². The summed E-state index contributed by atoms with van der Waals surface area (Å²) in [6.07, 6.45) is 3.00. The number of halogens is 3. The summed E-state index contributed by atoms with van der Waals surface area (Å²) in [6, 6.07) is 1.74. The van der Waals surface area contributed by atoms with Gasteiger partial charge in [0, 0.05) is 31.4 Å². The van der Waals surface area contributed by atoms with E-state index in [1.54, 1.807) is 12.1 Å². The van der Waals surface area contributed by atoms with Crippen molar-refractivity contribution < 1.29 is 55.0 Å². The molecule has 1 aromatic rings. The maximum atomic E-state index is 14.8. The first-order valence-electron chi connectivity index (χ1n) is 20.0. The Balaban J connectivity index is 1.32. The van der Waals surface area contributed by atoms with Crippen molar-refractivity contribution in [1.29, 1.82) is 0 Å². The van der Waals surface area contributed by atoms with Gasteiger partial charge in [-0.3, -0.25) is 24.0 Å². The number of nitrogens with one attached hydrogen (secondary N) is 3. The molecular weight excluding hydrogens is 784 g/mol. The molecule has 18 heteroatoms. The Kier molecular flexibility index (Phi) is 11.7. The fourth-order valence-corrected chi connectivity index (χ4v) is 9.33. The summed E-state index contributed by atoms with van der Waals surface area (Å²) in [5.41, 5.74) is -2.98. The average Bonchev–Trinajstić information content (AvgIpc) is 3.92. The molecule has 0 unspecified atom stereocenters. The zero-order valence-corrected chi connectivity index (χ0v) is 34.6. The van der Waals surface area contributed by atoms with Crippen LogP contribution >= 0.6 is 0 Å². The fourth-order valence-electron chi connectivity index (χ4n) is 8.02. The van der Waals surface area contributed by atoms with Gasteiger partial charge in [-0.25, -0.2) is 31.2 Å². The van der Waals surface area contributed by atoms with Crippen molar-refractivity contribution in [1.82, 2.24) is 25.2 Å². The quantitative estimate of drug-likeness (QED) is 0.302. The van der Waals surface area contributed by atoms with E-state index >= 15 is 0 Å². The van der Waals surface area contributed by atoms with E-state index in [1.807, 2.05) is 19.9 Å². The molecule has 6 rings (SSSR count). The molecule has 0 radical (unpaired) electrons. The summed E-state index contributed by atoms with van der Waals surface area (Å²) in [7, 11) is -4.09. The van der Waals surface area contributed by atoms with Crippen LogP contribution in [0.3, 0.4) is 0 Å². The van der Waals surface area contributed by atoms with E-state index in [4.69, 9.17) is 9.47 Å². The maximum absolute atomic E-state index is 14.8. The number of hydrogen-bond donors (Lipinski definition) is 3. The number of amides is 5. The predicted molar refractivity (Wildman–Crippen MR) is 204 cm³/mol. The number of allylic oxidation sites excluding steroid dienone is 1. The smallest absolute Gasteiger partial charge is 0.410 e. The van der Waals surface area contributed by atoms with Crippen molar-refractivity contribution in [3.05, 3.63) is 47.3 Å². The van der Waals surface area contributed by atoms with Crippen LogP contribution in [-0.4, -0.2) is 94.7 Å². The van der Waals surface area contributed by atoms with Crippen molar-refractivity contribution in [2.45, 2.75) is 146 Å². The van der Waals surface area contributed by atoms with Gasteiger partial charge in [-0.05, 0) is 82.8 Å². The highest BCUT2D eigenvalue weighted by Gasteiger charge is 2.63. The van der Waals surface area contributed by atoms with Gasteiger partial charge in [0.2, 0.25) is 21.8 Å². The minimum absolute atomic E-state index is 0.0155. The monoisotopic (exact) mass is 837 g/mol. The molecule has 0 aromatic heterocycles. The molecule has 1 saturated heterocycles. The molecule has 1 aromatic carbocycles.